The van der Waals surface area contributed by atoms with E-state index in [-0.39, 0.29) is 6.54 Å². The average Bonchev–Trinajstić information content (AvgIpc) is 2.99. The predicted octanol–water partition coefficient (Wildman–Crippen LogP) is 4.86. The van der Waals surface area contributed by atoms with E-state index in [1.807, 2.05) is 24.3 Å². The highest BCUT2D eigenvalue weighted by Crippen LogP contribution is 2.32. The number of benzene rings is 2. The molecule has 156 valence electrons. The maximum absolute atomic E-state index is 12.6. The van der Waals surface area contributed by atoms with E-state index >= 15 is 0 Å². The fraction of sp³-hybridized carbons (Fsp3) is 0.227. The van der Waals surface area contributed by atoms with Gasteiger partial charge in [-0.2, -0.15) is 0 Å². The Morgan fingerprint density at radius 3 is 2.30 bits per heavy atom. The van der Waals surface area contributed by atoms with Gasteiger partial charge >= 0.3 is 0 Å². The lowest BCUT2D eigenvalue weighted by Gasteiger charge is -2.20. The molecule has 2 aromatic rings. The molecule has 0 aliphatic carbocycles. The minimum atomic E-state index is -0.468. The predicted molar refractivity (Wildman–Crippen MR) is 123 cm³/mol. The molecule has 30 heavy (non-hydrogen) atoms. The van der Waals surface area contributed by atoms with E-state index in [1.54, 1.807) is 30.3 Å². The summed E-state index contributed by atoms with van der Waals surface area (Å²) in [6.45, 7) is 5.66. The summed E-state index contributed by atoms with van der Waals surface area (Å²) < 4.78 is 0. The van der Waals surface area contributed by atoms with Crippen LogP contribution in [-0.2, 0) is 9.59 Å². The van der Waals surface area contributed by atoms with Gasteiger partial charge in [-0.3, -0.25) is 19.3 Å². The van der Waals surface area contributed by atoms with Crippen molar-refractivity contribution in [1.29, 1.82) is 0 Å². The molecule has 1 saturated heterocycles. The van der Waals surface area contributed by atoms with Gasteiger partial charge in [0.05, 0.1) is 4.91 Å². The Balaban J connectivity index is 1.66. The summed E-state index contributed by atoms with van der Waals surface area (Å²) >= 11 is 6.66. The van der Waals surface area contributed by atoms with Crippen LogP contribution in [0.25, 0.3) is 6.08 Å². The fourth-order valence-corrected chi connectivity index (χ4v) is 4.00. The van der Waals surface area contributed by atoms with E-state index in [0.717, 1.165) is 41.0 Å². The van der Waals surface area contributed by atoms with Crippen molar-refractivity contribution < 1.29 is 14.4 Å². The molecule has 0 atom stereocenters. The zero-order valence-corrected chi connectivity index (χ0v) is 18.3. The monoisotopic (exact) mass is 443 g/mol. The second kappa shape index (κ2) is 9.82. The topological polar surface area (TPSA) is 69.7 Å². The Kier molecular flexibility index (Phi) is 7.18. The first-order valence-corrected chi connectivity index (χ1v) is 10.8. The lowest BCUT2D eigenvalue weighted by molar-refractivity contribution is -0.127. The van der Waals surface area contributed by atoms with Crippen molar-refractivity contribution in [2.45, 2.75) is 13.8 Å². The SMILES string of the molecule is CCN(CC)c1ccc(/C=C2/SC(=O)N(CC(=O)Nc3ccc(Cl)cc3)C2=O)cc1. The first-order valence-electron chi connectivity index (χ1n) is 9.57. The molecule has 2 aromatic carbocycles. The summed E-state index contributed by atoms with van der Waals surface area (Å²) in [5, 5.41) is 2.74. The number of halogens is 1. The normalized spacial score (nSPS) is 15.0. The van der Waals surface area contributed by atoms with E-state index in [2.05, 4.69) is 24.1 Å². The number of hydrogen-bond acceptors (Lipinski definition) is 5. The molecule has 6 nitrogen and oxygen atoms in total. The first-order chi connectivity index (χ1) is 14.4. The number of anilines is 2. The van der Waals surface area contributed by atoms with Crippen molar-refractivity contribution >= 4 is 57.9 Å². The van der Waals surface area contributed by atoms with E-state index in [4.69, 9.17) is 11.6 Å². The Hall–Kier alpha value is -2.77. The molecule has 0 aromatic heterocycles. The molecule has 0 bridgehead atoms. The van der Waals surface area contributed by atoms with Gasteiger partial charge in [-0.25, -0.2) is 0 Å². The summed E-state index contributed by atoms with van der Waals surface area (Å²) in [7, 11) is 0. The van der Waals surface area contributed by atoms with E-state index < -0.39 is 17.1 Å². The second-order valence-electron chi connectivity index (χ2n) is 6.59. The number of imide groups is 1. The zero-order valence-electron chi connectivity index (χ0n) is 16.7. The van der Waals surface area contributed by atoms with E-state index in [9.17, 15) is 14.4 Å². The average molecular weight is 444 g/mol. The van der Waals surface area contributed by atoms with Crippen LogP contribution in [-0.4, -0.2) is 41.6 Å². The van der Waals surface area contributed by atoms with Crippen molar-refractivity contribution in [3.05, 3.63) is 64.0 Å². The van der Waals surface area contributed by atoms with Gasteiger partial charge in [0.1, 0.15) is 6.54 Å². The number of hydrogen-bond donors (Lipinski definition) is 1. The molecule has 0 spiro atoms. The van der Waals surface area contributed by atoms with Crippen LogP contribution in [0.5, 0.6) is 0 Å². The van der Waals surface area contributed by atoms with Crippen molar-refractivity contribution in [1.82, 2.24) is 4.90 Å². The molecule has 1 aliphatic rings. The number of nitrogens with zero attached hydrogens (tertiary/aromatic N) is 2. The summed E-state index contributed by atoms with van der Waals surface area (Å²) in [5.41, 5.74) is 2.46. The van der Waals surface area contributed by atoms with Crippen molar-refractivity contribution in [3.8, 4) is 0 Å². The lowest BCUT2D eigenvalue weighted by atomic mass is 10.1. The third-order valence-electron chi connectivity index (χ3n) is 4.62. The fourth-order valence-electron chi connectivity index (χ4n) is 3.04. The maximum Gasteiger partial charge on any atom is 0.294 e. The number of rotatable bonds is 7. The molecular formula is C22H22ClN3O3S. The third kappa shape index (κ3) is 5.23. The van der Waals surface area contributed by atoms with Crippen molar-refractivity contribution in [2.24, 2.45) is 0 Å². The Labute approximate surface area is 184 Å². The minimum absolute atomic E-state index is 0.301. The number of amides is 3. The highest BCUT2D eigenvalue weighted by molar-refractivity contribution is 8.18. The van der Waals surface area contributed by atoms with Crippen LogP contribution in [0, 0.1) is 0 Å². The molecule has 0 unspecified atom stereocenters. The van der Waals surface area contributed by atoms with E-state index in [1.165, 1.54) is 0 Å². The van der Waals surface area contributed by atoms with Crippen LogP contribution < -0.4 is 10.2 Å². The molecule has 1 fully saturated rings. The largest absolute Gasteiger partial charge is 0.372 e. The molecule has 0 saturated carbocycles. The van der Waals surface area contributed by atoms with Gasteiger partial charge in [0, 0.05) is 29.5 Å². The Morgan fingerprint density at radius 2 is 1.70 bits per heavy atom. The summed E-state index contributed by atoms with van der Waals surface area (Å²) in [4.78, 5) is 40.6. The quantitative estimate of drug-likeness (QED) is 0.619. The molecule has 1 N–H and O–H groups in total. The van der Waals surface area contributed by atoms with Crippen LogP contribution in [0.4, 0.5) is 16.2 Å². The van der Waals surface area contributed by atoms with Crippen LogP contribution in [0.2, 0.25) is 5.02 Å². The van der Waals surface area contributed by atoms with Gasteiger partial charge in [0.25, 0.3) is 11.1 Å². The van der Waals surface area contributed by atoms with Gasteiger partial charge in [-0.15, -0.1) is 0 Å². The lowest BCUT2D eigenvalue weighted by Crippen LogP contribution is -2.36. The molecule has 1 aliphatic heterocycles. The number of carbonyl (C=O) groups is 3. The first kappa shape index (κ1) is 21.9. The highest BCUT2D eigenvalue weighted by atomic mass is 35.5. The standard InChI is InChI=1S/C22H22ClN3O3S/c1-3-25(4-2)18-11-5-15(6-12-18)13-19-21(28)26(22(29)30-19)14-20(27)24-17-9-7-16(23)8-10-17/h5-13H,3-4,14H2,1-2H3,(H,24,27)/b19-13+. The number of carbonyl (C=O) groups excluding carboxylic acids is 3. The Morgan fingerprint density at radius 1 is 1.07 bits per heavy atom. The summed E-state index contributed by atoms with van der Waals surface area (Å²) in [6, 6.07) is 14.4. The summed E-state index contributed by atoms with van der Waals surface area (Å²) in [5.74, 6) is -0.923. The molecule has 1 heterocycles. The highest BCUT2D eigenvalue weighted by Gasteiger charge is 2.36. The van der Waals surface area contributed by atoms with E-state index in [0.29, 0.717) is 15.6 Å². The number of thioether (sulfide) groups is 1. The molecule has 8 heteroatoms. The smallest absolute Gasteiger partial charge is 0.294 e. The second-order valence-corrected chi connectivity index (χ2v) is 8.02. The van der Waals surface area contributed by atoms with Gasteiger partial charge in [0.15, 0.2) is 0 Å². The summed E-state index contributed by atoms with van der Waals surface area (Å²) in [6.07, 6.45) is 1.67. The Bertz CT molecular complexity index is 970. The van der Waals surface area contributed by atoms with Crippen LogP contribution >= 0.6 is 23.4 Å². The molecule has 3 amide bonds. The minimum Gasteiger partial charge on any atom is -0.372 e. The zero-order chi connectivity index (χ0) is 21.7. The van der Waals surface area contributed by atoms with Crippen molar-refractivity contribution in [3.63, 3.8) is 0 Å². The van der Waals surface area contributed by atoms with Crippen LogP contribution in [0.3, 0.4) is 0 Å². The van der Waals surface area contributed by atoms with Gasteiger partial charge in [0.2, 0.25) is 5.91 Å². The molecule has 0 radical (unpaired) electrons. The maximum atomic E-state index is 12.6. The third-order valence-corrected chi connectivity index (χ3v) is 5.78. The van der Waals surface area contributed by atoms with Gasteiger partial charge in [-0.05, 0) is 73.6 Å². The molecular weight excluding hydrogens is 422 g/mol. The van der Waals surface area contributed by atoms with Gasteiger partial charge < -0.3 is 10.2 Å². The number of nitrogens with one attached hydrogen (secondary N) is 1. The van der Waals surface area contributed by atoms with Gasteiger partial charge in [-0.1, -0.05) is 23.7 Å². The van der Waals surface area contributed by atoms with Crippen LogP contribution in [0.15, 0.2) is 53.4 Å². The molecule has 3 rings (SSSR count). The van der Waals surface area contributed by atoms with Crippen LogP contribution in [0.1, 0.15) is 19.4 Å². The van der Waals surface area contributed by atoms with Crippen molar-refractivity contribution in [2.75, 3.05) is 29.9 Å².